The molecule has 18 heavy (non-hydrogen) atoms. The topological polar surface area (TPSA) is 110 Å². The molecule has 0 fully saturated rings. The van der Waals surface area contributed by atoms with Gasteiger partial charge in [0.1, 0.15) is 0 Å². The molecule has 1 aromatic rings. The third-order valence-electron chi connectivity index (χ3n) is 1.96. The minimum absolute atomic E-state index is 0.0974. The second kappa shape index (κ2) is 5.53. The van der Waals surface area contributed by atoms with E-state index >= 15 is 0 Å². The molecule has 0 unspecified atom stereocenters. The summed E-state index contributed by atoms with van der Waals surface area (Å²) in [6.45, 7) is 6.63. The fourth-order valence-corrected chi connectivity index (χ4v) is 1.10. The van der Waals surface area contributed by atoms with Crippen molar-refractivity contribution in [2.24, 2.45) is 11.5 Å². The normalized spacial score (nSPS) is 9.33. The maximum absolute atomic E-state index is 11.3. The third kappa shape index (κ3) is 3.67. The molecule has 0 aromatic heterocycles. The Hall–Kier alpha value is -2.76. The van der Waals surface area contributed by atoms with Crippen molar-refractivity contribution in [3.05, 3.63) is 48.8 Å². The van der Waals surface area contributed by atoms with E-state index in [9.17, 15) is 9.59 Å². The average Bonchev–Trinajstić information content (AvgIpc) is 2.29. The lowest BCUT2D eigenvalue weighted by molar-refractivity contribution is -0.113. The van der Waals surface area contributed by atoms with Gasteiger partial charge in [0.2, 0.25) is 0 Å². The Kier molecular flexibility index (Phi) is 4.09. The Bertz CT molecular complexity index is 479. The molecule has 2 amide bonds. The lowest BCUT2D eigenvalue weighted by atomic mass is 10.2. The molecule has 1 aromatic carbocycles. The Morgan fingerprint density at radius 3 is 1.67 bits per heavy atom. The van der Waals surface area contributed by atoms with Crippen LogP contribution >= 0.6 is 0 Å². The number of hydrogen-bond donors (Lipinski definition) is 4. The van der Waals surface area contributed by atoms with Crippen LogP contribution in [0, 0.1) is 0 Å². The number of carbonyl (C=O) groups excluding carboxylic acids is 2. The second-order valence-corrected chi connectivity index (χ2v) is 3.54. The van der Waals surface area contributed by atoms with Gasteiger partial charge in [-0.05, 0) is 18.2 Å². The number of rotatable bonds is 4. The van der Waals surface area contributed by atoms with Gasteiger partial charge in [-0.3, -0.25) is 9.59 Å². The molecule has 0 saturated carbocycles. The average molecular weight is 246 g/mol. The van der Waals surface area contributed by atoms with Crippen molar-refractivity contribution in [2.75, 3.05) is 10.6 Å². The van der Waals surface area contributed by atoms with Gasteiger partial charge in [0, 0.05) is 11.4 Å². The number of nitrogens with one attached hydrogen (secondary N) is 2. The first-order valence-corrected chi connectivity index (χ1v) is 5.01. The van der Waals surface area contributed by atoms with Crippen LogP contribution in [0.5, 0.6) is 0 Å². The van der Waals surface area contributed by atoms with Crippen LogP contribution < -0.4 is 22.1 Å². The van der Waals surface area contributed by atoms with Crippen molar-refractivity contribution >= 4 is 23.2 Å². The molecule has 0 aliphatic carbocycles. The van der Waals surface area contributed by atoms with E-state index in [1.807, 2.05) is 0 Å². The summed E-state index contributed by atoms with van der Waals surface area (Å²) in [5, 5.41) is 5.03. The lowest BCUT2D eigenvalue weighted by Crippen LogP contribution is -2.20. The van der Waals surface area contributed by atoms with Crippen molar-refractivity contribution in [3.8, 4) is 0 Å². The summed E-state index contributed by atoms with van der Waals surface area (Å²) in [4.78, 5) is 22.6. The summed E-state index contributed by atoms with van der Waals surface area (Å²) in [7, 11) is 0. The second-order valence-electron chi connectivity index (χ2n) is 3.54. The van der Waals surface area contributed by atoms with Crippen molar-refractivity contribution in [1.29, 1.82) is 0 Å². The van der Waals surface area contributed by atoms with Crippen LogP contribution in [-0.2, 0) is 9.59 Å². The molecule has 0 bridgehead atoms. The predicted octanol–water partition coefficient (Wildman–Crippen LogP) is 0.508. The Morgan fingerprint density at radius 1 is 0.944 bits per heavy atom. The van der Waals surface area contributed by atoms with Gasteiger partial charge in [0.15, 0.2) is 0 Å². The van der Waals surface area contributed by atoms with Crippen LogP contribution in [-0.4, -0.2) is 11.8 Å². The third-order valence-corrected chi connectivity index (χ3v) is 1.96. The van der Waals surface area contributed by atoms with Gasteiger partial charge in [0.25, 0.3) is 11.8 Å². The van der Waals surface area contributed by atoms with Gasteiger partial charge in [-0.15, -0.1) is 0 Å². The Morgan fingerprint density at radius 2 is 1.33 bits per heavy atom. The predicted molar refractivity (Wildman–Crippen MR) is 70.4 cm³/mol. The van der Waals surface area contributed by atoms with E-state index in [0.29, 0.717) is 11.4 Å². The van der Waals surface area contributed by atoms with E-state index in [2.05, 4.69) is 23.8 Å². The van der Waals surface area contributed by atoms with Crippen LogP contribution in [0.15, 0.2) is 48.8 Å². The van der Waals surface area contributed by atoms with Crippen LogP contribution in [0.2, 0.25) is 0 Å². The number of benzene rings is 1. The summed E-state index contributed by atoms with van der Waals surface area (Å²) in [6.07, 6.45) is 0. The number of nitrogens with two attached hydrogens (primary N) is 2. The largest absolute Gasteiger partial charge is 0.395 e. The standard InChI is InChI=1S/C12H14N4O2/c1-7(13)11(17)15-9-4-3-5-10(6-9)16-12(18)8(2)14/h3-6H,1-2,13-14H2,(H,15,17)(H,16,18). The maximum atomic E-state index is 11.3. The summed E-state index contributed by atoms with van der Waals surface area (Å²) in [5.74, 6) is -0.997. The Labute approximate surface area is 104 Å². The molecule has 0 aliphatic heterocycles. The van der Waals surface area contributed by atoms with Crippen LogP contribution in [0.25, 0.3) is 0 Å². The lowest BCUT2D eigenvalue weighted by Gasteiger charge is -2.08. The zero-order valence-corrected chi connectivity index (χ0v) is 9.69. The molecule has 0 spiro atoms. The number of hydrogen-bond acceptors (Lipinski definition) is 4. The van der Waals surface area contributed by atoms with E-state index in [1.54, 1.807) is 24.3 Å². The monoisotopic (exact) mass is 246 g/mol. The van der Waals surface area contributed by atoms with Gasteiger partial charge in [0.05, 0.1) is 11.4 Å². The van der Waals surface area contributed by atoms with E-state index in [-0.39, 0.29) is 11.4 Å². The van der Waals surface area contributed by atoms with Gasteiger partial charge in [-0.2, -0.15) is 0 Å². The van der Waals surface area contributed by atoms with Crippen molar-refractivity contribution in [3.63, 3.8) is 0 Å². The zero-order chi connectivity index (χ0) is 13.7. The minimum atomic E-state index is -0.498. The van der Waals surface area contributed by atoms with E-state index < -0.39 is 11.8 Å². The molecule has 6 nitrogen and oxygen atoms in total. The molecule has 0 aliphatic rings. The molecular formula is C12H14N4O2. The summed E-state index contributed by atoms with van der Waals surface area (Å²) >= 11 is 0. The highest BCUT2D eigenvalue weighted by molar-refractivity contribution is 6.04. The molecular weight excluding hydrogens is 232 g/mol. The van der Waals surface area contributed by atoms with Crippen LogP contribution in [0.4, 0.5) is 11.4 Å². The van der Waals surface area contributed by atoms with Gasteiger partial charge in [-0.25, -0.2) is 0 Å². The zero-order valence-electron chi connectivity index (χ0n) is 9.69. The number of carbonyl (C=O) groups is 2. The fraction of sp³-hybridized carbons (Fsp3) is 0. The smallest absolute Gasteiger partial charge is 0.270 e. The van der Waals surface area contributed by atoms with Gasteiger partial charge >= 0.3 is 0 Å². The number of amides is 2. The highest BCUT2D eigenvalue weighted by atomic mass is 16.2. The fourth-order valence-electron chi connectivity index (χ4n) is 1.10. The van der Waals surface area contributed by atoms with E-state index in [4.69, 9.17) is 11.5 Å². The molecule has 0 saturated heterocycles. The molecule has 6 N–H and O–H groups in total. The SMILES string of the molecule is C=C(N)C(=O)Nc1cccc(NC(=O)C(=C)N)c1. The molecule has 6 heteroatoms. The van der Waals surface area contributed by atoms with Crippen LogP contribution in [0.3, 0.4) is 0 Å². The van der Waals surface area contributed by atoms with E-state index in [1.165, 1.54) is 0 Å². The number of anilines is 2. The first-order chi connectivity index (χ1) is 8.40. The highest BCUT2D eigenvalue weighted by Crippen LogP contribution is 2.15. The molecule has 0 radical (unpaired) electrons. The summed E-state index contributed by atoms with van der Waals surface area (Å²) in [6, 6.07) is 6.51. The van der Waals surface area contributed by atoms with Gasteiger partial charge in [-0.1, -0.05) is 19.2 Å². The van der Waals surface area contributed by atoms with Crippen LogP contribution in [0.1, 0.15) is 0 Å². The first-order valence-electron chi connectivity index (χ1n) is 5.01. The molecule has 0 atom stereocenters. The molecule has 0 heterocycles. The minimum Gasteiger partial charge on any atom is -0.395 e. The molecule has 1 rings (SSSR count). The molecule has 94 valence electrons. The Balaban J connectivity index is 2.80. The highest BCUT2D eigenvalue weighted by Gasteiger charge is 2.06. The van der Waals surface area contributed by atoms with Crippen molar-refractivity contribution in [2.45, 2.75) is 0 Å². The quantitative estimate of drug-likeness (QED) is 0.580. The van der Waals surface area contributed by atoms with Crippen molar-refractivity contribution < 1.29 is 9.59 Å². The van der Waals surface area contributed by atoms with Gasteiger partial charge < -0.3 is 22.1 Å². The summed E-state index contributed by atoms with van der Waals surface area (Å²) in [5.41, 5.74) is 11.2. The van der Waals surface area contributed by atoms with E-state index in [0.717, 1.165) is 0 Å². The maximum Gasteiger partial charge on any atom is 0.270 e. The first kappa shape index (κ1) is 13.3. The summed E-state index contributed by atoms with van der Waals surface area (Å²) < 4.78 is 0. The van der Waals surface area contributed by atoms with Crippen molar-refractivity contribution in [1.82, 2.24) is 0 Å².